The lowest BCUT2D eigenvalue weighted by Crippen LogP contribution is -2.01. The Morgan fingerprint density at radius 1 is 1.47 bits per heavy atom. The molecule has 0 amide bonds. The van der Waals surface area contributed by atoms with Gasteiger partial charge in [0.2, 0.25) is 0 Å². The van der Waals surface area contributed by atoms with Crippen LogP contribution >= 0.6 is 11.3 Å². The van der Waals surface area contributed by atoms with Gasteiger partial charge in [-0.3, -0.25) is 0 Å². The summed E-state index contributed by atoms with van der Waals surface area (Å²) in [5.41, 5.74) is 1.19. The van der Waals surface area contributed by atoms with E-state index < -0.39 is 0 Å². The molecule has 15 heavy (non-hydrogen) atoms. The predicted molar refractivity (Wildman–Crippen MR) is 59.8 cm³/mol. The molecule has 2 aromatic rings. The second kappa shape index (κ2) is 4.53. The first-order valence-corrected chi connectivity index (χ1v) is 5.89. The van der Waals surface area contributed by atoms with E-state index in [0.29, 0.717) is 5.92 Å². The maximum Gasteiger partial charge on any atom is 0.114 e. The molecule has 0 saturated carbocycles. The molecule has 2 rings (SSSR count). The Balaban J connectivity index is 2.01. The Labute approximate surface area is 93.0 Å². The Morgan fingerprint density at radius 3 is 3.00 bits per heavy atom. The molecule has 0 saturated heterocycles. The van der Waals surface area contributed by atoms with Gasteiger partial charge in [0.1, 0.15) is 5.01 Å². The van der Waals surface area contributed by atoms with E-state index in [1.165, 1.54) is 5.69 Å². The average Bonchev–Trinajstić information content (AvgIpc) is 2.77. The van der Waals surface area contributed by atoms with E-state index in [-0.39, 0.29) is 0 Å². The molecule has 0 aliphatic heterocycles. The van der Waals surface area contributed by atoms with Crippen LogP contribution in [0.25, 0.3) is 0 Å². The normalized spacial score (nSPS) is 11.1. The zero-order valence-electron chi connectivity index (χ0n) is 8.92. The quantitative estimate of drug-likeness (QED) is 0.794. The number of thiazole rings is 1. The number of aromatic nitrogens is 4. The van der Waals surface area contributed by atoms with Crippen LogP contribution in [-0.2, 0) is 13.0 Å². The zero-order chi connectivity index (χ0) is 10.7. The first kappa shape index (κ1) is 10.3. The van der Waals surface area contributed by atoms with E-state index in [0.717, 1.165) is 18.0 Å². The summed E-state index contributed by atoms with van der Waals surface area (Å²) in [4.78, 5) is 4.56. The molecule has 0 N–H and O–H groups in total. The Kier molecular flexibility index (Phi) is 3.11. The smallest absolute Gasteiger partial charge is 0.114 e. The van der Waals surface area contributed by atoms with Crippen molar-refractivity contribution in [1.82, 2.24) is 20.0 Å². The van der Waals surface area contributed by atoms with Gasteiger partial charge in [-0.1, -0.05) is 19.1 Å². The first-order chi connectivity index (χ1) is 7.24. The predicted octanol–water partition coefficient (Wildman–Crippen LogP) is 1.98. The summed E-state index contributed by atoms with van der Waals surface area (Å²) < 4.78 is 1.79. The monoisotopic (exact) mass is 222 g/mol. The second-order valence-electron chi connectivity index (χ2n) is 3.93. The Morgan fingerprint density at radius 2 is 2.33 bits per heavy atom. The molecular weight excluding hydrogens is 208 g/mol. The molecule has 2 heterocycles. The zero-order valence-corrected chi connectivity index (χ0v) is 9.74. The average molecular weight is 222 g/mol. The van der Waals surface area contributed by atoms with Crippen molar-refractivity contribution in [3.05, 3.63) is 28.5 Å². The third kappa shape index (κ3) is 2.86. The molecule has 0 spiro atoms. The van der Waals surface area contributed by atoms with Gasteiger partial charge in [0.25, 0.3) is 0 Å². The van der Waals surface area contributed by atoms with Crippen LogP contribution in [0.3, 0.4) is 0 Å². The summed E-state index contributed by atoms with van der Waals surface area (Å²) in [6.45, 7) is 5.13. The minimum atomic E-state index is 0.659. The fourth-order valence-corrected chi connectivity index (χ4v) is 2.19. The maximum absolute atomic E-state index is 4.56. The summed E-state index contributed by atoms with van der Waals surface area (Å²) in [7, 11) is 0. The topological polar surface area (TPSA) is 43.6 Å². The number of hydrogen-bond donors (Lipinski definition) is 0. The van der Waals surface area contributed by atoms with Crippen LogP contribution in [0, 0.1) is 5.92 Å². The van der Waals surface area contributed by atoms with Crippen molar-refractivity contribution in [2.75, 3.05) is 0 Å². The van der Waals surface area contributed by atoms with Crippen LogP contribution in [0.1, 0.15) is 24.5 Å². The fraction of sp³-hybridized carbons (Fsp3) is 0.500. The molecule has 0 bridgehead atoms. The van der Waals surface area contributed by atoms with Gasteiger partial charge in [0, 0.05) is 11.6 Å². The van der Waals surface area contributed by atoms with Crippen LogP contribution < -0.4 is 0 Å². The lowest BCUT2D eigenvalue weighted by molar-refractivity contribution is 0.625. The third-order valence-corrected chi connectivity index (χ3v) is 2.87. The van der Waals surface area contributed by atoms with Gasteiger partial charge in [0.05, 0.1) is 18.4 Å². The second-order valence-corrected chi connectivity index (χ2v) is 4.87. The molecular formula is C10H14N4S. The van der Waals surface area contributed by atoms with Crippen molar-refractivity contribution in [2.45, 2.75) is 26.8 Å². The molecule has 0 unspecified atom stereocenters. The van der Waals surface area contributed by atoms with Gasteiger partial charge >= 0.3 is 0 Å². The SMILES string of the molecule is CC(C)Cc1csc(Cn2ccnn2)n1. The van der Waals surface area contributed by atoms with Gasteiger partial charge in [-0.15, -0.1) is 16.4 Å². The molecule has 0 fully saturated rings. The van der Waals surface area contributed by atoms with Crippen molar-refractivity contribution in [3.8, 4) is 0 Å². The van der Waals surface area contributed by atoms with Crippen molar-refractivity contribution in [3.63, 3.8) is 0 Å². The highest BCUT2D eigenvalue weighted by atomic mass is 32.1. The number of rotatable bonds is 4. The van der Waals surface area contributed by atoms with Gasteiger partial charge in [0.15, 0.2) is 0 Å². The van der Waals surface area contributed by atoms with Crippen molar-refractivity contribution in [2.24, 2.45) is 5.92 Å². The molecule has 4 nitrogen and oxygen atoms in total. The van der Waals surface area contributed by atoms with Crippen LogP contribution in [0.15, 0.2) is 17.8 Å². The lowest BCUT2D eigenvalue weighted by Gasteiger charge is -1.99. The summed E-state index contributed by atoms with van der Waals surface area (Å²) in [6, 6.07) is 0. The highest BCUT2D eigenvalue weighted by Crippen LogP contribution is 2.14. The fourth-order valence-electron chi connectivity index (χ4n) is 1.39. The summed E-state index contributed by atoms with van der Waals surface area (Å²) in [5, 5.41) is 10.9. The van der Waals surface area contributed by atoms with Crippen molar-refractivity contribution < 1.29 is 0 Å². The largest absolute Gasteiger partial charge is 0.246 e. The van der Waals surface area contributed by atoms with Gasteiger partial charge in [-0.05, 0) is 12.3 Å². The van der Waals surface area contributed by atoms with Crippen LogP contribution in [0.4, 0.5) is 0 Å². The third-order valence-electron chi connectivity index (χ3n) is 1.99. The van der Waals surface area contributed by atoms with E-state index in [1.54, 1.807) is 22.2 Å². The Hall–Kier alpha value is -1.23. The molecule has 0 aliphatic rings. The molecule has 5 heteroatoms. The maximum atomic E-state index is 4.56. The summed E-state index contributed by atoms with van der Waals surface area (Å²) >= 11 is 1.69. The van der Waals surface area contributed by atoms with E-state index in [1.807, 2.05) is 6.20 Å². The van der Waals surface area contributed by atoms with Crippen molar-refractivity contribution >= 4 is 11.3 Å². The number of nitrogens with zero attached hydrogens (tertiary/aromatic N) is 4. The standard InChI is InChI=1S/C10H14N4S/c1-8(2)5-9-7-15-10(12-9)6-14-4-3-11-13-14/h3-4,7-8H,5-6H2,1-2H3. The molecule has 80 valence electrons. The van der Waals surface area contributed by atoms with Gasteiger partial charge in [-0.2, -0.15) is 0 Å². The molecule has 0 aromatic carbocycles. The van der Waals surface area contributed by atoms with Crippen LogP contribution in [-0.4, -0.2) is 20.0 Å². The van der Waals surface area contributed by atoms with Crippen molar-refractivity contribution in [1.29, 1.82) is 0 Å². The van der Waals surface area contributed by atoms with E-state index in [9.17, 15) is 0 Å². The number of hydrogen-bond acceptors (Lipinski definition) is 4. The minimum Gasteiger partial charge on any atom is -0.246 e. The lowest BCUT2D eigenvalue weighted by atomic mass is 10.1. The van der Waals surface area contributed by atoms with E-state index in [4.69, 9.17) is 0 Å². The highest BCUT2D eigenvalue weighted by molar-refractivity contribution is 7.09. The summed E-state index contributed by atoms with van der Waals surface area (Å²) in [5.74, 6) is 0.659. The molecule has 2 aromatic heterocycles. The van der Waals surface area contributed by atoms with Crippen LogP contribution in [0.2, 0.25) is 0 Å². The van der Waals surface area contributed by atoms with E-state index >= 15 is 0 Å². The molecule has 0 atom stereocenters. The van der Waals surface area contributed by atoms with Gasteiger partial charge in [-0.25, -0.2) is 9.67 Å². The summed E-state index contributed by atoms with van der Waals surface area (Å²) in [6.07, 6.45) is 4.58. The first-order valence-electron chi connectivity index (χ1n) is 5.01. The highest BCUT2D eigenvalue weighted by Gasteiger charge is 2.04. The van der Waals surface area contributed by atoms with Gasteiger partial charge < -0.3 is 0 Å². The molecule has 0 radical (unpaired) electrons. The Bertz CT molecular complexity index is 405. The van der Waals surface area contributed by atoms with E-state index in [2.05, 4.69) is 34.5 Å². The van der Waals surface area contributed by atoms with Crippen LogP contribution in [0.5, 0.6) is 0 Å². The molecule has 0 aliphatic carbocycles. The minimum absolute atomic E-state index is 0.659.